The molecule has 1 rings (SSSR count). The summed E-state index contributed by atoms with van der Waals surface area (Å²) < 4.78 is 4.87. The number of rotatable bonds is 4. The molecule has 0 heterocycles. The quantitative estimate of drug-likeness (QED) is 0.494. The number of carbonyl (C=O) groups is 2. The van der Waals surface area contributed by atoms with Crippen LogP contribution >= 0.6 is 0 Å². The number of phenols is 1. The molecule has 1 aromatic carbocycles. The van der Waals surface area contributed by atoms with E-state index in [9.17, 15) is 14.7 Å². The number of nitriles is 1. The predicted molar refractivity (Wildman–Crippen MR) is 69.9 cm³/mol. The largest absolute Gasteiger partial charge is 0.506 e. The molecule has 6 heteroatoms. The number of esters is 1. The molecule has 1 aromatic rings. The van der Waals surface area contributed by atoms with Gasteiger partial charge in [-0.3, -0.25) is 0 Å². The van der Waals surface area contributed by atoms with Crippen molar-refractivity contribution in [1.82, 2.24) is 0 Å². The van der Waals surface area contributed by atoms with E-state index >= 15 is 0 Å². The molecule has 0 saturated heterocycles. The Kier molecular flexibility index (Phi) is 4.87. The highest BCUT2D eigenvalue weighted by molar-refractivity contribution is 5.99. The number of benzene rings is 1. The number of nitrogens with zero attached hydrogens (tertiary/aromatic N) is 1. The summed E-state index contributed by atoms with van der Waals surface area (Å²) in [5.41, 5.74) is -0.577. The normalized spacial score (nSPS) is 11.0. The molecule has 0 aliphatic carbocycles. The van der Waals surface area contributed by atoms with Crippen LogP contribution in [0.5, 0.6) is 5.75 Å². The van der Waals surface area contributed by atoms with E-state index < -0.39 is 23.8 Å². The summed E-state index contributed by atoms with van der Waals surface area (Å²) in [6.45, 7) is 3.27. The molecular formula is C14H13NO5. The molecule has 2 N–H and O–H groups in total. The number of carboxylic acid groups (broad SMARTS) is 1. The van der Waals surface area contributed by atoms with Gasteiger partial charge in [-0.1, -0.05) is 12.1 Å². The molecule has 0 saturated carbocycles. The van der Waals surface area contributed by atoms with Gasteiger partial charge in [-0.15, -0.1) is 0 Å². The first-order valence-electron chi connectivity index (χ1n) is 5.74. The molecule has 0 bridgehead atoms. The van der Waals surface area contributed by atoms with Gasteiger partial charge in [0.25, 0.3) is 0 Å². The molecule has 0 spiro atoms. The highest BCUT2D eigenvalue weighted by Crippen LogP contribution is 2.25. The van der Waals surface area contributed by atoms with Crippen LogP contribution < -0.4 is 0 Å². The number of hydrogen-bond donors (Lipinski definition) is 2. The van der Waals surface area contributed by atoms with Crippen molar-refractivity contribution in [3.05, 3.63) is 34.9 Å². The van der Waals surface area contributed by atoms with Crippen LogP contribution in [0.4, 0.5) is 0 Å². The SMILES string of the molecule is CC(C)OC(=O)C(C#N)=Cc1cccc(C(=O)O)c1O. The minimum absolute atomic E-state index is 0.0576. The molecule has 0 amide bonds. The summed E-state index contributed by atoms with van der Waals surface area (Å²) >= 11 is 0. The number of aromatic carboxylic acids is 1. The Morgan fingerprint density at radius 1 is 1.40 bits per heavy atom. The first-order chi connectivity index (χ1) is 9.36. The molecule has 0 fully saturated rings. The van der Waals surface area contributed by atoms with E-state index in [2.05, 4.69) is 0 Å². The van der Waals surface area contributed by atoms with Gasteiger partial charge in [-0.25, -0.2) is 9.59 Å². The maximum atomic E-state index is 11.6. The number of carboxylic acids is 1. The van der Waals surface area contributed by atoms with Gasteiger partial charge in [0.1, 0.15) is 23.0 Å². The van der Waals surface area contributed by atoms with E-state index in [1.165, 1.54) is 18.2 Å². The Hall–Kier alpha value is -2.81. The fourth-order valence-corrected chi connectivity index (χ4v) is 1.42. The summed E-state index contributed by atoms with van der Waals surface area (Å²) in [6, 6.07) is 5.67. The van der Waals surface area contributed by atoms with Crippen molar-refractivity contribution in [3.63, 3.8) is 0 Å². The summed E-state index contributed by atoms with van der Waals surface area (Å²) in [7, 11) is 0. The number of hydrogen-bond acceptors (Lipinski definition) is 5. The first-order valence-corrected chi connectivity index (χ1v) is 5.74. The minimum atomic E-state index is -1.30. The Bertz CT molecular complexity index is 610. The summed E-state index contributed by atoms with van der Waals surface area (Å²) in [6.07, 6.45) is 0.699. The average molecular weight is 275 g/mol. The molecule has 0 aromatic heterocycles. The summed E-state index contributed by atoms with van der Waals surface area (Å²) in [5.74, 6) is -2.64. The topological polar surface area (TPSA) is 108 Å². The Morgan fingerprint density at radius 3 is 2.55 bits per heavy atom. The predicted octanol–water partition coefficient (Wildman–Crippen LogP) is 1.95. The zero-order valence-corrected chi connectivity index (χ0v) is 11.0. The van der Waals surface area contributed by atoms with Crippen molar-refractivity contribution in [1.29, 1.82) is 5.26 Å². The van der Waals surface area contributed by atoms with Crippen molar-refractivity contribution >= 4 is 18.0 Å². The molecule has 0 unspecified atom stereocenters. The smallest absolute Gasteiger partial charge is 0.349 e. The molecule has 0 aliphatic rings. The highest BCUT2D eigenvalue weighted by atomic mass is 16.5. The van der Waals surface area contributed by atoms with Gasteiger partial charge in [0.15, 0.2) is 0 Å². The van der Waals surface area contributed by atoms with E-state index in [1.54, 1.807) is 19.9 Å². The second-order valence-electron chi connectivity index (χ2n) is 4.17. The van der Waals surface area contributed by atoms with Crippen LogP contribution in [-0.2, 0) is 9.53 Å². The fraction of sp³-hybridized carbons (Fsp3) is 0.214. The van der Waals surface area contributed by atoms with Crippen LogP contribution in [0.25, 0.3) is 6.08 Å². The molecule has 0 radical (unpaired) electrons. The van der Waals surface area contributed by atoms with Crippen LogP contribution in [0.1, 0.15) is 29.8 Å². The van der Waals surface area contributed by atoms with E-state index in [0.29, 0.717) is 0 Å². The maximum absolute atomic E-state index is 11.6. The van der Waals surface area contributed by atoms with Crippen LogP contribution in [0.3, 0.4) is 0 Å². The van der Waals surface area contributed by atoms with Crippen molar-refractivity contribution in [2.45, 2.75) is 20.0 Å². The van der Waals surface area contributed by atoms with Gasteiger partial charge in [0.2, 0.25) is 0 Å². The van der Waals surface area contributed by atoms with Crippen molar-refractivity contribution in [3.8, 4) is 11.8 Å². The average Bonchev–Trinajstić information content (AvgIpc) is 2.36. The van der Waals surface area contributed by atoms with Gasteiger partial charge in [0.05, 0.1) is 6.10 Å². The second-order valence-corrected chi connectivity index (χ2v) is 4.17. The van der Waals surface area contributed by atoms with Crippen LogP contribution in [0.15, 0.2) is 23.8 Å². The van der Waals surface area contributed by atoms with Gasteiger partial charge in [-0.2, -0.15) is 5.26 Å². The van der Waals surface area contributed by atoms with E-state index in [0.717, 1.165) is 6.08 Å². The maximum Gasteiger partial charge on any atom is 0.349 e. The third-order valence-corrected chi connectivity index (χ3v) is 2.28. The van der Waals surface area contributed by atoms with Gasteiger partial charge in [0, 0.05) is 5.56 Å². The van der Waals surface area contributed by atoms with E-state index in [-0.39, 0.29) is 16.7 Å². The van der Waals surface area contributed by atoms with Gasteiger partial charge >= 0.3 is 11.9 Å². The summed E-state index contributed by atoms with van der Waals surface area (Å²) in [4.78, 5) is 22.5. The van der Waals surface area contributed by atoms with Crippen LogP contribution in [0.2, 0.25) is 0 Å². The zero-order valence-electron chi connectivity index (χ0n) is 11.0. The molecule has 20 heavy (non-hydrogen) atoms. The minimum Gasteiger partial charge on any atom is -0.506 e. The standard InChI is InChI=1S/C14H13NO5/c1-8(2)20-14(19)10(7-15)6-9-4-3-5-11(12(9)16)13(17)18/h3-6,8,16H,1-2H3,(H,17,18). The molecule has 0 aliphatic heterocycles. The zero-order chi connectivity index (χ0) is 15.3. The fourth-order valence-electron chi connectivity index (χ4n) is 1.42. The van der Waals surface area contributed by atoms with Crippen molar-refractivity contribution in [2.75, 3.05) is 0 Å². The van der Waals surface area contributed by atoms with Gasteiger partial charge in [-0.05, 0) is 26.0 Å². The number of carbonyl (C=O) groups excluding carboxylic acids is 1. The lowest BCUT2D eigenvalue weighted by Gasteiger charge is -2.07. The lowest BCUT2D eigenvalue weighted by molar-refractivity contribution is -0.142. The molecular weight excluding hydrogens is 262 g/mol. The molecule has 6 nitrogen and oxygen atoms in total. The number of para-hydroxylation sites is 1. The second kappa shape index (κ2) is 6.38. The first kappa shape index (κ1) is 15.2. The highest BCUT2D eigenvalue weighted by Gasteiger charge is 2.16. The third-order valence-electron chi connectivity index (χ3n) is 2.28. The summed E-state index contributed by atoms with van der Waals surface area (Å²) in [5, 5.41) is 27.6. The number of aromatic hydroxyl groups is 1. The number of ether oxygens (including phenoxy) is 1. The van der Waals surface area contributed by atoms with E-state index in [4.69, 9.17) is 15.1 Å². The van der Waals surface area contributed by atoms with Crippen molar-refractivity contribution in [2.24, 2.45) is 0 Å². The Labute approximate surface area is 115 Å². The van der Waals surface area contributed by atoms with E-state index in [1.807, 2.05) is 0 Å². The van der Waals surface area contributed by atoms with Gasteiger partial charge < -0.3 is 14.9 Å². The third kappa shape index (κ3) is 3.59. The lowest BCUT2D eigenvalue weighted by atomic mass is 10.1. The van der Waals surface area contributed by atoms with Crippen LogP contribution in [-0.4, -0.2) is 28.3 Å². The molecule has 104 valence electrons. The van der Waals surface area contributed by atoms with Crippen LogP contribution in [0, 0.1) is 11.3 Å². The Morgan fingerprint density at radius 2 is 2.05 bits per heavy atom. The molecule has 0 atom stereocenters. The lowest BCUT2D eigenvalue weighted by Crippen LogP contribution is -2.12. The Balaban J connectivity index is 3.21. The monoisotopic (exact) mass is 275 g/mol. The van der Waals surface area contributed by atoms with Crippen molar-refractivity contribution < 1.29 is 24.5 Å².